The molecule has 0 amide bonds. The van der Waals surface area contributed by atoms with E-state index in [9.17, 15) is 0 Å². The number of pyridine rings is 1. The largest absolute Gasteiger partial charge is 0.335 e. The first-order valence-electron chi connectivity index (χ1n) is 7.66. The monoisotopic (exact) mass is 301 g/mol. The van der Waals surface area contributed by atoms with Gasteiger partial charge >= 0.3 is 11.5 Å². The second-order valence-corrected chi connectivity index (χ2v) is 7.70. The third-order valence-electron chi connectivity index (χ3n) is 3.62. The molecule has 0 spiro atoms. The second-order valence-electron chi connectivity index (χ2n) is 7.70. The van der Waals surface area contributed by atoms with Gasteiger partial charge in [-0.2, -0.15) is 0 Å². The Balaban J connectivity index is 2.59. The first-order valence-corrected chi connectivity index (χ1v) is 7.66. The molecule has 0 aliphatic heterocycles. The maximum Gasteiger partial charge on any atom is 0.335 e. The van der Waals surface area contributed by atoms with Gasteiger partial charge in [-0.25, -0.2) is 4.42 Å². The Kier molecular flexibility index (Phi) is 4.28. The van der Waals surface area contributed by atoms with E-state index >= 15 is 0 Å². The summed E-state index contributed by atoms with van der Waals surface area (Å²) in [6, 6.07) is 8.39. The van der Waals surface area contributed by atoms with Crippen LogP contribution in [0.3, 0.4) is 0 Å². The maximum atomic E-state index is 6.18. The highest BCUT2D eigenvalue weighted by Gasteiger charge is 2.34. The predicted octanol–water partition coefficient (Wildman–Crippen LogP) is 4.17. The summed E-state index contributed by atoms with van der Waals surface area (Å²) < 4.78 is 7.86. The molecule has 0 fully saturated rings. The van der Waals surface area contributed by atoms with E-state index in [0.29, 0.717) is 0 Å². The predicted molar refractivity (Wildman–Crippen MR) is 88.7 cm³/mol. The van der Waals surface area contributed by atoms with Crippen LogP contribution >= 0.6 is 0 Å². The van der Waals surface area contributed by atoms with Crippen LogP contribution in [0, 0.1) is 0 Å². The Morgan fingerprint density at radius 3 is 1.64 bits per heavy atom. The summed E-state index contributed by atoms with van der Waals surface area (Å²) in [6.45, 7) is 13.0. The summed E-state index contributed by atoms with van der Waals surface area (Å²) in [7, 11) is 1.65. The first-order chi connectivity index (χ1) is 10.1. The summed E-state index contributed by atoms with van der Waals surface area (Å²) in [5.41, 5.74) is 2.26. The Morgan fingerprint density at radius 2 is 1.27 bits per heavy atom. The minimum Gasteiger partial charge on any atom is -0.275 e. The van der Waals surface area contributed by atoms with Crippen molar-refractivity contribution in [1.29, 1.82) is 0 Å². The second kappa shape index (κ2) is 5.71. The molecule has 22 heavy (non-hydrogen) atoms. The van der Waals surface area contributed by atoms with E-state index in [-0.39, 0.29) is 10.8 Å². The van der Waals surface area contributed by atoms with Crippen LogP contribution in [-0.2, 0) is 10.8 Å². The lowest BCUT2D eigenvalue weighted by atomic mass is 9.88. The molecule has 2 aromatic rings. The van der Waals surface area contributed by atoms with Gasteiger partial charge in [0, 0.05) is 34.6 Å². The molecule has 3 heteroatoms. The summed E-state index contributed by atoms with van der Waals surface area (Å²) in [5, 5.41) is 0. The number of hydrogen-bond acceptors (Lipinski definition) is 1. The van der Waals surface area contributed by atoms with Gasteiger partial charge in [-0.05, 0) is 47.1 Å². The average Bonchev–Trinajstić information content (AvgIpc) is 2.45. The normalized spacial score (nSPS) is 12.3. The Morgan fingerprint density at radius 1 is 0.818 bits per heavy atom. The zero-order chi connectivity index (χ0) is 16.5. The van der Waals surface area contributed by atoms with Crippen molar-refractivity contribution in [2.75, 3.05) is 7.11 Å². The molecule has 0 saturated carbocycles. The van der Waals surface area contributed by atoms with Gasteiger partial charge < -0.3 is 0 Å². The van der Waals surface area contributed by atoms with Crippen LogP contribution in [0.2, 0.25) is 0 Å². The summed E-state index contributed by atoms with van der Waals surface area (Å²) in [5.74, 6) is 2.00. The summed E-state index contributed by atoms with van der Waals surface area (Å²) in [6.07, 6.45) is 3.82. The molecule has 0 aliphatic rings. The van der Waals surface area contributed by atoms with Crippen molar-refractivity contribution < 1.29 is 14.0 Å². The number of hydrogen-bond donors (Lipinski definition) is 0. The van der Waals surface area contributed by atoms with Gasteiger partial charge in [0.25, 0.3) is 0 Å². The summed E-state index contributed by atoms with van der Waals surface area (Å²) >= 11 is 0. The van der Waals surface area contributed by atoms with Crippen molar-refractivity contribution in [2.45, 2.75) is 52.4 Å². The van der Waals surface area contributed by atoms with Crippen LogP contribution in [0.5, 0.6) is 0 Å². The molecule has 118 valence electrons. The van der Waals surface area contributed by atoms with Gasteiger partial charge in [0.2, 0.25) is 12.4 Å². The molecular formula is C19H27NO2+2. The highest BCUT2D eigenvalue weighted by Crippen LogP contribution is 2.33. The molecule has 2 heterocycles. The van der Waals surface area contributed by atoms with Crippen molar-refractivity contribution >= 4 is 0 Å². The SMILES string of the molecule is CO[n+]1ccc(-c2cc(C(C)(C)C)[o+]c(C(C)(C)C)c2)cc1. The number of nitrogens with zero attached hydrogens (tertiary/aromatic N) is 1. The molecule has 3 nitrogen and oxygen atoms in total. The van der Waals surface area contributed by atoms with E-state index in [2.05, 4.69) is 65.8 Å². The van der Waals surface area contributed by atoms with Gasteiger partial charge in [-0.3, -0.25) is 4.84 Å². The minimum absolute atomic E-state index is 0.0305. The van der Waals surface area contributed by atoms with Crippen LogP contribution in [0.25, 0.3) is 11.1 Å². The van der Waals surface area contributed by atoms with Crippen LogP contribution in [-0.4, -0.2) is 7.11 Å². The van der Waals surface area contributed by atoms with E-state index in [4.69, 9.17) is 9.25 Å². The van der Waals surface area contributed by atoms with E-state index < -0.39 is 0 Å². The molecule has 0 unspecified atom stereocenters. The van der Waals surface area contributed by atoms with Gasteiger partial charge in [0.05, 0.1) is 10.8 Å². The minimum atomic E-state index is -0.0305. The van der Waals surface area contributed by atoms with Crippen molar-refractivity contribution in [2.24, 2.45) is 0 Å². The molecule has 0 N–H and O–H groups in total. The quantitative estimate of drug-likeness (QED) is 0.614. The van der Waals surface area contributed by atoms with Gasteiger partial charge in [-0.15, -0.1) is 0 Å². The highest BCUT2D eigenvalue weighted by atomic mass is 16.6. The van der Waals surface area contributed by atoms with Crippen molar-refractivity contribution in [1.82, 2.24) is 0 Å². The van der Waals surface area contributed by atoms with E-state index in [0.717, 1.165) is 17.1 Å². The molecular weight excluding hydrogens is 274 g/mol. The Bertz CT molecular complexity index is 614. The fourth-order valence-electron chi connectivity index (χ4n) is 2.13. The fraction of sp³-hybridized carbons (Fsp3) is 0.474. The van der Waals surface area contributed by atoms with Gasteiger partial charge in [-0.1, -0.05) is 0 Å². The van der Waals surface area contributed by atoms with Crippen LogP contribution in [0.15, 0.2) is 41.1 Å². The Labute approximate surface area is 133 Å². The third-order valence-corrected chi connectivity index (χ3v) is 3.62. The standard InChI is InChI=1S/C19H27NO2/c1-18(2,3)16-12-15(13-17(22-16)19(4,5)6)14-8-10-20(21-7)11-9-14/h8-13H,1-7H3/q+2. The molecule has 2 rings (SSSR count). The van der Waals surface area contributed by atoms with E-state index in [1.54, 1.807) is 11.8 Å². The lowest BCUT2D eigenvalue weighted by Crippen LogP contribution is -2.39. The molecule has 0 atom stereocenters. The number of aromatic nitrogens is 1. The zero-order valence-corrected chi connectivity index (χ0v) is 14.7. The van der Waals surface area contributed by atoms with Crippen molar-refractivity contribution in [3.63, 3.8) is 0 Å². The molecule has 0 aromatic carbocycles. The van der Waals surface area contributed by atoms with Gasteiger partial charge in [0.1, 0.15) is 7.11 Å². The molecule has 0 aliphatic carbocycles. The van der Waals surface area contributed by atoms with E-state index in [1.165, 1.54) is 5.56 Å². The lowest BCUT2D eigenvalue weighted by Gasteiger charge is -2.15. The first kappa shape index (κ1) is 16.5. The molecule has 2 aromatic heterocycles. The topological polar surface area (TPSA) is 24.4 Å². The number of rotatable bonds is 2. The van der Waals surface area contributed by atoms with Crippen LogP contribution < -0.4 is 9.57 Å². The van der Waals surface area contributed by atoms with Crippen molar-refractivity contribution in [3.8, 4) is 11.1 Å². The zero-order valence-electron chi connectivity index (χ0n) is 14.7. The fourth-order valence-corrected chi connectivity index (χ4v) is 2.13. The molecule has 0 saturated heterocycles. The van der Waals surface area contributed by atoms with E-state index in [1.807, 2.05) is 12.4 Å². The lowest BCUT2D eigenvalue weighted by molar-refractivity contribution is -0.885. The van der Waals surface area contributed by atoms with Crippen LogP contribution in [0.4, 0.5) is 0 Å². The average molecular weight is 301 g/mol. The van der Waals surface area contributed by atoms with Crippen molar-refractivity contribution in [3.05, 3.63) is 48.2 Å². The molecule has 0 radical (unpaired) electrons. The highest BCUT2D eigenvalue weighted by molar-refractivity contribution is 5.63. The molecule has 0 bridgehead atoms. The maximum absolute atomic E-state index is 6.18. The van der Waals surface area contributed by atoms with Gasteiger partial charge in [0.15, 0.2) is 0 Å². The smallest absolute Gasteiger partial charge is 0.275 e. The summed E-state index contributed by atoms with van der Waals surface area (Å²) in [4.78, 5) is 5.16. The Hall–Kier alpha value is -1.90. The van der Waals surface area contributed by atoms with Crippen LogP contribution in [0.1, 0.15) is 53.1 Å². The third kappa shape index (κ3) is 3.65.